The number of benzene rings is 1. The van der Waals surface area contributed by atoms with Gasteiger partial charge in [0.05, 0.1) is 17.9 Å². The first-order chi connectivity index (χ1) is 11.6. The fourth-order valence-electron chi connectivity index (χ4n) is 2.67. The largest absolute Gasteiger partial charge is 0.325 e. The number of aromatic nitrogens is 2. The number of H-pyrrole nitrogens is 1. The van der Waals surface area contributed by atoms with Gasteiger partial charge in [0.25, 0.3) is 0 Å². The fourth-order valence-corrected chi connectivity index (χ4v) is 4.12. The van der Waals surface area contributed by atoms with E-state index in [0.717, 1.165) is 9.87 Å². The number of carbonyl (C=O) groups is 1. The van der Waals surface area contributed by atoms with Crippen LogP contribution in [0.2, 0.25) is 0 Å². The number of likely N-dealkylation sites (N-methyl/N-ethyl adjacent to an activating group) is 1. The molecule has 0 aliphatic heterocycles. The van der Waals surface area contributed by atoms with Crippen LogP contribution in [0.1, 0.15) is 36.7 Å². The Morgan fingerprint density at radius 3 is 2.48 bits per heavy atom. The summed E-state index contributed by atoms with van der Waals surface area (Å²) in [4.78, 5) is 12.5. The lowest BCUT2D eigenvalue weighted by molar-refractivity contribution is -0.116. The minimum absolute atomic E-state index is 0.116. The maximum atomic E-state index is 12.7. The van der Waals surface area contributed by atoms with Gasteiger partial charge in [0.15, 0.2) is 0 Å². The summed E-state index contributed by atoms with van der Waals surface area (Å²) < 4.78 is 26.4. The highest BCUT2D eigenvalue weighted by atomic mass is 32.2. The Morgan fingerprint density at radius 1 is 1.28 bits per heavy atom. The van der Waals surface area contributed by atoms with Crippen LogP contribution in [0.25, 0.3) is 0 Å². The van der Waals surface area contributed by atoms with E-state index in [-0.39, 0.29) is 17.4 Å². The number of hydrogen-bond acceptors (Lipinski definition) is 4. The van der Waals surface area contributed by atoms with Crippen molar-refractivity contribution in [1.82, 2.24) is 14.5 Å². The number of carbonyl (C=O) groups excluding carboxylic acids is 1. The predicted molar refractivity (Wildman–Crippen MR) is 97.0 cm³/mol. The summed E-state index contributed by atoms with van der Waals surface area (Å²) in [7, 11) is -2.41. The number of aryl methyl sites for hydroxylation is 2. The minimum atomic E-state index is -3.79. The van der Waals surface area contributed by atoms with Gasteiger partial charge in [0.1, 0.15) is 4.90 Å². The highest BCUT2D eigenvalue weighted by Crippen LogP contribution is 2.24. The molecule has 0 bridgehead atoms. The molecule has 2 rings (SSSR count). The molecule has 1 aromatic heterocycles. The Hall–Kier alpha value is -2.19. The summed E-state index contributed by atoms with van der Waals surface area (Å²) in [6, 6.07) is 7.50. The highest BCUT2D eigenvalue weighted by molar-refractivity contribution is 7.89. The number of rotatable bonds is 6. The zero-order valence-corrected chi connectivity index (χ0v) is 15.9. The summed E-state index contributed by atoms with van der Waals surface area (Å²) in [6.45, 7) is 7.04. The van der Waals surface area contributed by atoms with Gasteiger partial charge in [-0.05, 0) is 31.4 Å². The number of amides is 1. The maximum absolute atomic E-state index is 12.7. The molecular weight excluding hydrogens is 340 g/mol. The molecule has 0 spiro atoms. The van der Waals surface area contributed by atoms with E-state index in [4.69, 9.17) is 0 Å². The van der Waals surface area contributed by atoms with Crippen LogP contribution in [0.5, 0.6) is 0 Å². The number of nitrogens with one attached hydrogen (secondary N) is 2. The quantitative estimate of drug-likeness (QED) is 0.823. The molecule has 1 aromatic carbocycles. The predicted octanol–water partition coefficient (Wildman–Crippen LogP) is 2.41. The number of para-hydroxylation sites is 1. The maximum Gasteiger partial charge on any atom is 0.246 e. The molecule has 8 heteroatoms. The smallest absolute Gasteiger partial charge is 0.246 e. The van der Waals surface area contributed by atoms with Crippen molar-refractivity contribution in [1.29, 1.82) is 0 Å². The molecule has 0 atom stereocenters. The fraction of sp³-hybridized carbons (Fsp3) is 0.412. The summed E-state index contributed by atoms with van der Waals surface area (Å²) in [5.74, 6) is -0.146. The number of nitrogens with zero attached hydrogens (tertiary/aromatic N) is 2. The van der Waals surface area contributed by atoms with Crippen LogP contribution in [0, 0.1) is 13.8 Å². The number of hydrogen-bond donors (Lipinski definition) is 2. The lowest BCUT2D eigenvalue weighted by Gasteiger charge is -2.18. The first kappa shape index (κ1) is 19.1. The lowest BCUT2D eigenvalue weighted by Crippen LogP contribution is -2.35. The zero-order chi connectivity index (χ0) is 18.8. The molecule has 25 heavy (non-hydrogen) atoms. The lowest BCUT2D eigenvalue weighted by atomic mass is 10.0. The molecule has 0 fully saturated rings. The molecule has 7 nitrogen and oxygen atoms in total. The van der Waals surface area contributed by atoms with Crippen molar-refractivity contribution in [2.24, 2.45) is 0 Å². The van der Waals surface area contributed by atoms with Crippen molar-refractivity contribution in [2.75, 3.05) is 18.9 Å². The van der Waals surface area contributed by atoms with Gasteiger partial charge in [-0.3, -0.25) is 9.89 Å². The Morgan fingerprint density at radius 2 is 1.92 bits per heavy atom. The zero-order valence-electron chi connectivity index (χ0n) is 15.1. The second-order valence-electron chi connectivity index (χ2n) is 6.31. The van der Waals surface area contributed by atoms with Crippen LogP contribution in [-0.2, 0) is 14.8 Å². The first-order valence-electron chi connectivity index (χ1n) is 8.01. The second-order valence-corrected chi connectivity index (χ2v) is 8.30. The minimum Gasteiger partial charge on any atom is -0.325 e. The molecule has 0 saturated carbocycles. The van der Waals surface area contributed by atoms with Gasteiger partial charge in [0.2, 0.25) is 15.9 Å². The van der Waals surface area contributed by atoms with E-state index >= 15 is 0 Å². The standard InChI is InChI=1S/C17H24N4O3S/c1-11(2)14-8-6-7-9-15(14)18-16(22)10-21(5)25(23,24)17-12(3)19-20-13(17)4/h6-9,11H,10H2,1-5H3,(H,18,22)(H,19,20). The molecular formula is C17H24N4O3S. The first-order valence-corrected chi connectivity index (χ1v) is 9.45. The van der Waals surface area contributed by atoms with E-state index in [2.05, 4.69) is 15.5 Å². The molecule has 2 N–H and O–H groups in total. The Bertz CT molecular complexity index is 852. The van der Waals surface area contributed by atoms with Gasteiger partial charge >= 0.3 is 0 Å². The molecule has 1 heterocycles. The summed E-state index contributed by atoms with van der Waals surface area (Å²) >= 11 is 0. The molecule has 0 aliphatic carbocycles. The summed E-state index contributed by atoms with van der Waals surface area (Å²) in [5.41, 5.74) is 2.54. The van der Waals surface area contributed by atoms with E-state index in [9.17, 15) is 13.2 Å². The van der Waals surface area contributed by atoms with Crippen molar-refractivity contribution < 1.29 is 13.2 Å². The molecule has 1 amide bonds. The molecule has 0 radical (unpaired) electrons. The SMILES string of the molecule is Cc1n[nH]c(C)c1S(=O)(=O)N(C)CC(=O)Nc1ccccc1C(C)C. The van der Waals surface area contributed by atoms with Crippen LogP contribution in [0.3, 0.4) is 0 Å². The van der Waals surface area contributed by atoms with Gasteiger partial charge in [-0.25, -0.2) is 8.42 Å². The van der Waals surface area contributed by atoms with Crippen molar-refractivity contribution in [3.8, 4) is 0 Å². The molecule has 136 valence electrons. The molecule has 0 aliphatic rings. The van der Waals surface area contributed by atoms with Crippen LogP contribution in [-0.4, -0.2) is 42.4 Å². The molecule has 2 aromatic rings. The Kier molecular flexibility index (Phi) is 5.64. The number of anilines is 1. The second kappa shape index (κ2) is 7.37. The molecule has 0 saturated heterocycles. The van der Waals surface area contributed by atoms with Gasteiger partial charge in [-0.2, -0.15) is 9.40 Å². The van der Waals surface area contributed by atoms with Crippen LogP contribution in [0.4, 0.5) is 5.69 Å². The van der Waals surface area contributed by atoms with Crippen molar-refractivity contribution in [3.05, 3.63) is 41.2 Å². The third-order valence-corrected chi connectivity index (χ3v) is 6.02. The van der Waals surface area contributed by atoms with Crippen molar-refractivity contribution in [2.45, 2.75) is 38.5 Å². The van der Waals surface area contributed by atoms with Crippen LogP contribution < -0.4 is 5.32 Å². The van der Waals surface area contributed by atoms with Crippen molar-refractivity contribution >= 4 is 21.6 Å². The average molecular weight is 364 g/mol. The normalized spacial score (nSPS) is 12.0. The van der Waals surface area contributed by atoms with Crippen LogP contribution >= 0.6 is 0 Å². The van der Waals surface area contributed by atoms with E-state index in [1.165, 1.54) is 7.05 Å². The summed E-state index contributed by atoms with van der Waals surface area (Å²) in [5, 5.41) is 9.37. The van der Waals surface area contributed by atoms with Gasteiger partial charge in [0, 0.05) is 12.7 Å². The molecule has 0 unspecified atom stereocenters. The number of aromatic amines is 1. The van der Waals surface area contributed by atoms with Gasteiger partial charge < -0.3 is 5.32 Å². The van der Waals surface area contributed by atoms with Crippen LogP contribution in [0.15, 0.2) is 29.2 Å². The Balaban J connectivity index is 2.16. The Labute approximate surface area is 148 Å². The van der Waals surface area contributed by atoms with Gasteiger partial charge in [-0.1, -0.05) is 32.0 Å². The highest BCUT2D eigenvalue weighted by Gasteiger charge is 2.28. The van der Waals surface area contributed by atoms with E-state index in [1.54, 1.807) is 13.8 Å². The van der Waals surface area contributed by atoms with Crippen molar-refractivity contribution in [3.63, 3.8) is 0 Å². The topological polar surface area (TPSA) is 95.2 Å². The monoisotopic (exact) mass is 364 g/mol. The number of sulfonamides is 1. The van der Waals surface area contributed by atoms with E-state index in [1.807, 2.05) is 38.1 Å². The third kappa shape index (κ3) is 4.08. The average Bonchev–Trinajstić information content (AvgIpc) is 2.86. The third-order valence-electron chi connectivity index (χ3n) is 3.95. The van der Waals surface area contributed by atoms with E-state index < -0.39 is 15.9 Å². The van der Waals surface area contributed by atoms with E-state index in [0.29, 0.717) is 17.1 Å². The van der Waals surface area contributed by atoms with Gasteiger partial charge in [-0.15, -0.1) is 0 Å². The summed E-state index contributed by atoms with van der Waals surface area (Å²) in [6.07, 6.45) is 0.